The fourth-order valence-corrected chi connectivity index (χ4v) is 1.64. The van der Waals surface area contributed by atoms with Crippen molar-refractivity contribution in [1.82, 2.24) is 10.1 Å². The molecule has 0 saturated heterocycles. The first-order valence-corrected chi connectivity index (χ1v) is 5.72. The zero-order valence-electron chi connectivity index (χ0n) is 9.98. The van der Waals surface area contributed by atoms with Gasteiger partial charge in [0.2, 0.25) is 5.82 Å². The van der Waals surface area contributed by atoms with Crippen molar-refractivity contribution < 1.29 is 8.94 Å². The van der Waals surface area contributed by atoms with Crippen LogP contribution in [0.5, 0.6) is 0 Å². The van der Waals surface area contributed by atoms with Gasteiger partial charge >= 0.3 is 0 Å². The summed E-state index contributed by atoms with van der Waals surface area (Å²) in [5.41, 5.74) is 7.38. The molecule has 0 bridgehead atoms. The second-order valence-electron chi connectivity index (χ2n) is 3.94. The fraction of sp³-hybridized carbons (Fsp3) is 0. The van der Waals surface area contributed by atoms with Gasteiger partial charge in [0.15, 0.2) is 5.76 Å². The van der Waals surface area contributed by atoms with Crippen LogP contribution in [0.4, 0.5) is 5.69 Å². The van der Waals surface area contributed by atoms with Crippen LogP contribution in [0.25, 0.3) is 23.7 Å². The van der Waals surface area contributed by atoms with Crippen LogP contribution in [-0.2, 0) is 0 Å². The van der Waals surface area contributed by atoms with Gasteiger partial charge in [0.25, 0.3) is 5.89 Å². The van der Waals surface area contributed by atoms with Gasteiger partial charge in [0.1, 0.15) is 0 Å². The van der Waals surface area contributed by atoms with Crippen molar-refractivity contribution in [3.8, 4) is 11.6 Å². The summed E-state index contributed by atoms with van der Waals surface area (Å²) < 4.78 is 10.3. The Bertz CT molecular complexity index is 699. The maximum absolute atomic E-state index is 5.70. The number of nitrogens with zero attached hydrogens (tertiary/aromatic N) is 2. The molecule has 0 spiro atoms. The molecule has 2 aromatic heterocycles. The number of rotatable bonds is 3. The highest BCUT2D eigenvalue weighted by Gasteiger charge is 2.08. The van der Waals surface area contributed by atoms with E-state index in [2.05, 4.69) is 10.1 Å². The van der Waals surface area contributed by atoms with Crippen LogP contribution in [-0.4, -0.2) is 10.1 Å². The molecular weight excluding hydrogens is 242 g/mol. The summed E-state index contributed by atoms with van der Waals surface area (Å²) in [7, 11) is 0. The van der Waals surface area contributed by atoms with Crippen molar-refractivity contribution >= 4 is 17.8 Å². The number of nitrogens with two attached hydrogens (primary N) is 1. The monoisotopic (exact) mass is 253 g/mol. The van der Waals surface area contributed by atoms with Crippen molar-refractivity contribution in [2.75, 3.05) is 5.73 Å². The van der Waals surface area contributed by atoms with Crippen LogP contribution in [0.15, 0.2) is 51.6 Å². The first-order chi connectivity index (χ1) is 9.31. The van der Waals surface area contributed by atoms with Crippen LogP contribution in [0.1, 0.15) is 11.5 Å². The van der Waals surface area contributed by atoms with Crippen molar-refractivity contribution in [2.45, 2.75) is 0 Å². The number of benzene rings is 1. The minimum Gasteiger partial charge on any atom is -0.461 e. The van der Waals surface area contributed by atoms with Gasteiger partial charge < -0.3 is 14.7 Å². The molecule has 0 aliphatic carbocycles. The molecule has 2 N–H and O–H groups in total. The summed E-state index contributed by atoms with van der Waals surface area (Å²) in [5.74, 6) is 1.42. The van der Waals surface area contributed by atoms with E-state index in [1.54, 1.807) is 24.5 Å². The van der Waals surface area contributed by atoms with E-state index in [0.29, 0.717) is 23.2 Å². The van der Waals surface area contributed by atoms with E-state index in [9.17, 15) is 0 Å². The zero-order chi connectivity index (χ0) is 13.1. The number of nitrogen functional groups attached to an aromatic ring is 1. The standard InChI is InChI=1S/C14H11N3O2/c15-11-4-1-3-10(9-11)6-7-13-16-14(17-19-13)12-5-2-8-18-12/h1-9H,15H2/b7-6+. The van der Waals surface area contributed by atoms with Gasteiger partial charge in [-0.25, -0.2) is 0 Å². The molecule has 0 fully saturated rings. The first kappa shape index (κ1) is 11.3. The van der Waals surface area contributed by atoms with Gasteiger partial charge in [0.05, 0.1) is 6.26 Å². The normalized spacial score (nSPS) is 11.2. The van der Waals surface area contributed by atoms with E-state index < -0.39 is 0 Å². The molecule has 0 atom stereocenters. The average molecular weight is 253 g/mol. The Kier molecular flexibility index (Phi) is 2.86. The number of anilines is 1. The molecule has 19 heavy (non-hydrogen) atoms. The highest BCUT2D eigenvalue weighted by Crippen LogP contribution is 2.17. The summed E-state index contributed by atoms with van der Waals surface area (Å²) >= 11 is 0. The van der Waals surface area contributed by atoms with Gasteiger partial charge in [-0.2, -0.15) is 4.98 Å². The van der Waals surface area contributed by atoms with Crippen molar-refractivity contribution in [3.05, 3.63) is 54.1 Å². The maximum Gasteiger partial charge on any atom is 0.251 e. The number of furan rings is 1. The summed E-state index contributed by atoms with van der Waals surface area (Å²) in [4.78, 5) is 4.20. The quantitative estimate of drug-likeness (QED) is 0.725. The number of hydrogen-bond acceptors (Lipinski definition) is 5. The molecule has 94 valence electrons. The van der Waals surface area contributed by atoms with Crippen molar-refractivity contribution in [2.24, 2.45) is 0 Å². The number of hydrogen-bond donors (Lipinski definition) is 1. The minimum atomic E-state index is 0.411. The third kappa shape index (κ3) is 2.55. The average Bonchev–Trinajstić information content (AvgIpc) is 3.07. The zero-order valence-corrected chi connectivity index (χ0v) is 9.98. The predicted molar refractivity (Wildman–Crippen MR) is 71.8 cm³/mol. The Morgan fingerprint density at radius 2 is 2.05 bits per heavy atom. The molecule has 3 aromatic rings. The predicted octanol–water partition coefficient (Wildman–Crippen LogP) is 3.08. The Balaban J connectivity index is 1.81. The molecule has 0 aliphatic rings. The molecule has 0 aliphatic heterocycles. The lowest BCUT2D eigenvalue weighted by Gasteiger charge is -1.93. The highest BCUT2D eigenvalue weighted by atomic mass is 16.5. The molecule has 5 nitrogen and oxygen atoms in total. The smallest absolute Gasteiger partial charge is 0.251 e. The lowest BCUT2D eigenvalue weighted by atomic mass is 10.2. The van der Waals surface area contributed by atoms with E-state index in [1.807, 2.05) is 30.3 Å². The third-order valence-electron chi connectivity index (χ3n) is 2.51. The minimum absolute atomic E-state index is 0.411. The maximum atomic E-state index is 5.70. The molecule has 0 amide bonds. The molecule has 0 radical (unpaired) electrons. The first-order valence-electron chi connectivity index (χ1n) is 5.72. The number of aromatic nitrogens is 2. The van der Waals surface area contributed by atoms with Gasteiger partial charge in [-0.3, -0.25) is 0 Å². The summed E-state index contributed by atoms with van der Waals surface area (Å²) in [5, 5.41) is 3.83. The van der Waals surface area contributed by atoms with E-state index in [-0.39, 0.29) is 0 Å². The van der Waals surface area contributed by atoms with Crippen LogP contribution >= 0.6 is 0 Å². The largest absolute Gasteiger partial charge is 0.461 e. The van der Waals surface area contributed by atoms with Crippen LogP contribution in [0.2, 0.25) is 0 Å². The van der Waals surface area contributed by atoms with Gasteiger partial charge in [-0.1, -0.05) is 17.3 Å². The second-order valence-corrected chi connectivity index (χ2v) is 3.94. The lowest BCUT2D eigenvalue weighted by molar-refractivity contribution is 0.409. The van der Waals surface area contributed by atoms with E-state index in [0.717, 1.165) is 5.56 Å². The molecule has 0 saturated carbocycles. The molecule has 3 rings (SSSR count). The Hall–Kier alpha value is -2.82. The SMILES string of the molecule is Nc1cccc(/C=C/c2nc(-c3ccco3)no2)c1. The molecular formula is C14H11N3O2. The van der Waals surface area contributed by atoms with Crippen molar-refractivity contribution in [3.63, 3.8) is 0 Å². The van der Waals surface area contributed by atoms with Crippen molar-refractivity contribution in [1.29, 1.82) is 0 Å². The van der Waals surface area contributed by atoms with Crippen LogP contribution in [0.3, 0.4) is 0 Å². The Morgan fingerprint density at radius 1 is 1.11 bits per heavy atom. The summed E-state index contributed by atoms with van der Waals surface area (Å²) in [6.07, 6.45) is 5.15. The molecule has 2 heterocycles. The topological polar surface area (TPSA) is 78.1 Å². The van der Waals surface area contributed by atoms with Gasteiger partial charge in [0, 0.05) is 11.8 Å². The highest BCUT2D eigenvalue weighted by molar-refractivity contribution is 5.68. The molecule has 0 unspecified atom stereocenters. The van der Waals surface area contributed by atoms with Crippen LogP contribution < -0.4 is 5.73 Å². The third-order valence-corrected chi connectivity index (χ3v) is 2.51. The van der Waals surface area contributed by atoms with Gasteiger partial charge in [-0.05, 0) is 35.9 Å². The summed E-state index contributed by atoms with van der Waals surface area (Å²) in [6.45, 7) is 0. The Labute approximate surface area is 109 Å². The van der Waals surface area contributed by atoms with Gasteiger partial charge in [-0.15, -0.1) is 0 Å². The van der Waals surface area contributed by atoms with E-state index in [4.69, 9.17) is 14.7 Å². The summed E-state index contributed by atoms with van der Waals surface area (Å²) in [6, 6.07) is 11.1. The second kappa shape index (κ2) is 4.81. The van der Waals surface area contributed by atoms with E-state index in [1.165, 1.54) is 0 Å². The van der Waals surface area contributed by atoms with E-state index >= 15 is 0 Å². The Morgan fingerprint density at radius 3 is 2.84 bits per heavy atom. The molecule has 5 heteroatoms. The van der Waals surface area contributed by atoms with Crippen LogP contribution in [0, 0.1) is 0 Å². The lowest BCUT2D eigenvalue weighted by Crippen LogP contribution is -1.83. The molecule has 1 aromatic carbocycles. The fourth-order valence-electron chi connectivity index (χ4n) is 1.64.